The van der Waals surface area contributed by atoms with E-state index in [-0.39, 0.29) is 22.9 Å². The molecule has 0 aliphatic carbocycles. The largest absolute Gasteiger partial charge is 0.460 e. The fourth-order valence-electron chi connectivity index (χ4n) is 3.21. The third-order valence-corrected chi connectivity index (χ3v) is 4.75. The van der Waals surface area contributed by atoms with E-state index in [4.69, 9.17) is 20.3 Å². The number of anilines is 2. The smallest absolute Gasteiger partial charge is 0.247 e. The van der Waals surface area contributed by atoms with E-state index in [1.807, 2.05) is 13.0 Å². The van der Waals surface area contributed by atoms with Gasteiger partial charge in [0, 0.05) is 6.42 Å². The summed E-state index contributed by atoms with van der Waals surface area (Å²) in [6.07, 6.45) is -1.35. The normalized spacial score (nSPS) is 22.8. The lowest BCUT2D eigenvalue weighted by atomic mass is 10.1. The number of hydrogen-bond acceptors (Lipinski definition) is 12. The standard InChI is InChI=1S/C18H21N7O5.CH3N/c1-3-9-4-5-10(29-9)6-21-24-18-22-15(19)11-16(23-18)25(7-20-11)17-13(28)12(27)14(30-17)8(2)26;1-2/h4-7,12-14,17,27-28H,3H2,1-2H3,(H3,19,22,23,24);2H,1H2/b21-6-;/t12-,13+,14+,17+;/m0./s1. The van der Waals surface area contributed by atoms with Crippen molar-refractivity contribution in [3.63, 3.8) is 0 Å². The SMILES string of the molecule is C=N.CCc1ccc(/C=N\Nc2nc(N)c3ncn([C@@H]4O[C@H](C(C)=O)[C@@H](O)[C@H]4O)c3n2)o1. The number of Topliss-reactive ketones (excluding diaryl/α,β-unsaturated/α-hetero) is 1. The molecule has 0 bridgehead atoms. The summed E-state index contributed by atoms with van der Waals surface area (Å²) < 4.78 is 12.5. The van der Waals surface area contributed by atoms with Gasteiger partial charge >= 0.3 is 0 Å². The number of nitrogens with zero attached hydrogens (tertiary/aromatic N) is 5. The number of aliphatic hydroxyl groups is 2. The zero-order valence-electron chi connectivity index (χ0n) is 17.5. The number of hydrazone groups is 1. The maximum atomic E-state index is 11.6. The van der Waals surface area contributed by atoms with Crippen molar-refractivity contribution in [2.45, 2.75) is 44.8 Å². The minimum atomic E-state index is -1.37. The molecule has 1 aliphatic rings. The van der Waals surface area contributed by atoms with Crippen molar-refractivity contribution >= 4 is 41.6 Å². The summed E-state index contributed by atoms with van der Waals surface area (Å²) in [6, 6.07) is 3.64. The van der Waals surface area contributed by atoms with Crippen LogP contribution in [-0.2, 0) is 16.0 Å². The Hall–Kier alpha value is -3.68. The van der Waals surface area contributed by atoms with Crippen molar-refractivity contribution in [2.24, 2.45) is 5.10 Å². The molecule has 3 aromatic heterocycles. The Morgan fingerprint density at radius 2 is 2.12 bits per heavy atom. The van der Waals surface area contributed by atoms with Crippen molar-refractivity contribution in [1.82, 2.24) is 19.5 Å². The molecule has 0 spiro atoms. The van der Waals surface area contributed by atoms with Crippen LogP contribution in [0.25, 0.3) is 11.2 Å². The molecule has 6 N–H and O–H groups in total. The highest BCUT2D eigenvalue weighted by Gasteiger charge is 2.46. The number of aromatic nitrogens is 4. The number of aliphatic hydroxyl groups excluding tert-OH is 2. The van der Waals surface area contributed by atoms with E-state index in [1.165, 1.54) is 24.0 Å². The number of nitrogens with two attached hydrogens (primary N) is 1. The number of aryl methyl sites for hydroxylation is 1. The quantitative estimate of drug-likeness (QED) is 0.263. The summed E-state index contributed by atoms with van der Waals surface area (Å²) in [5.41, 5.74) is 9.15. The predicted octanol–water partition coefficient (Wildman–Crippen LogP) is 0.484. The first kappa shape index (κ1) is 23.0. The van der Waals surface area contributed by atoms with Crippen molar-refractivity contribution in [2.75, 3.05) is 11.2 Å². The summed E-state index contributed by atoms with van der Waals surface area (Å²) in [7, 11) is 0. The highest BCUT2D eigenvalue weighted by atomic mass is 16.6. The summed E-state index contributed by atoms with van der Waals surface area (Å²) in [5, 5.41) is 30.0. The van der Waals surface area contributed by atoms with Gasteiger partial charge in [-0.05, 0) is 25.8 Å². The molecule has 0 aromatic carbocycles. The molecule has 0 unspecified atom stereocenters. The average Bonchev–Trinajstić information content (AvgIpc) is 3.48. The van der Waals surface area contributed by atoms with Gasteiger partial charge in [0.1, 0.15) is 35.3 Å². The average molecular weight is 444 g/mol. The molecule has 3 aromatic rings. The molecule has 13 nitrogen and oxygen atoms in total. The fourth-order valence-corrected chi connectivity index (χ4v) is 3.21. The second kappa shape index (κ2) is 9.64. The van der Waals surface area contributed by atoms with E-state index in [2.05, 4.69) is 32.2 Å². The third-order valence-electron chi connectivity index (χ3n) is 4.75. The Bertz CT molecular complexity index is 1130. The van der Waals surface area contributed by atoms with Crippen molar-refractivity contribution in [3.8, 4) is 0 Å². The highest BCUT2D eigenvalue weighted by molar-refractivity contribution is 5.84. The van der Waals surface area contributed by atoms with Gasteiger partial charge in [-0.3, -0.25) is 9.36 Å². The molecule has 0 radical (unpaired) electrons. The van der Waals surface area contributed by atoms with Crippen LogP contribution in [0.1, 0.15) is 31.6 Å². The molecule has 0 saturated carbocycles. The van der Waals surface area contributed by atoms with E-state index >= 15 is 0 Å². The maximum Gasteiger partial charge on any atom is 0.247 e. The van der Waals surface area contributed by atoms with Crippen LogP contribution in [0.15, 0.2) is 28.0 Å². The summed E-state index contributed by atoms with van der Waals surface area (Å²) in [6.45, 7) is 5.76. The lowest BCUT2D eigenvalue weighted by molar-refractivity contribution is -0.133. The van der Waals surface area contributed by atoms with Crippen LogP contribution in [0.5, 0.6) is 0 Å². The maximum absolute atomic E-state index is 11.6. The van der Waals surface area contributed by atoms with Gasteiger partial charge in [-0.15, -0.1) is 0 Å². The zero-order valence-corrected chi connectivity index (χ0v) is 17.5. The zero-order chi connectivity index (χ0) is 23.4. The van der Waals surface area contributed by atoms with Gasteiger partial charge in [0.15, 0.2) is 23.5 Å². The van der Waals surface area contributed by atoms with Crippen molar-refractivity contribution in [3.05, 3.63) is 30.0 Å². The second-order valence-electron chi connectivity index (χ2n) is 6.82. The number of rotatable bonds is 6. The molecule has 4 heterocycles. The molecule has 170 valence electrons. The Morgan fingerprint density at radius 3 is 2.75 bits per heavy atom. The van der Waals surface area contributed by atoms with Gasteiger partial charge in [-0.1, -0.05) is 6.92 Å². The van der Waals surface area contributed by atoms with Crippen LogP contribution in [0, 0.1) is 5.41 Å². The van der Waals surface area contributed by atoms with Crippen LogP contribution in [0.4, 0.5) is 11.8 Å². The molecule has 4 rings (SSSR count). The second-order valence-corrected chi connectivity index (χ2v) is 6.82. The van der Waals surface area contributed by atoms with Crippen LogP contribution >= 0.6 is 0 Å². The van der Waals surface area contributed by atoms with Crippen LogP contribution < -0.4 is 11.2 Å². The lowest BCUT2D eigenvalue weighted by Gasteiger charge is -2.16. The fraction of sp³-hybridized carbons (Fsp3) is 0.368. The first-order chi connectivity index (χ1) is 15.4. The van der Waals surface area contributed by atoms with Gasteiger partial charge in [0.2, 0.25) is 5.95 Å². The number of ketones is 1. The minimum Gasteiger partial charge on any atom is -0.460 e. The number of nitrogen functional groups attached to an aromatic ring is 1. The number of fused-ring (bicyclic) bond motifs is 1. The molecule has 1 saturated heterocycles. The first-order valence-electron chi connectivity index (χ1n) is 9.64. The summed E-state index contributed by atoms with van der Waals surface area (Å²) in [5.74, 6) is 1.16. The van der Waals surface area contributed by atoms with Crippen LogP contribution in [0.3, 0.4) is 0 Å². The van der Waals surface area contributed by atoms with Gasteiger partial charge in [-0.25, -0.2) is 10.4 Å². The van der Waals surface area contributed by atoms with Gasteiger partial charge < -0.3 is 30.5 Å². The third kappa shape index (κ3) is 4.34. The molecule has 1 fully saturated rings. The van der Waals surface area contributed by atoms with Crippen molar-refractivity contribution in [1.29, 1.82) is 5.41 Å². The molecule has 32 heavy (non-hydrogen) atoms. The van der Waals surface area contributed by atoms with Gasteiger partial charge in [0.05, 0.1) is 12.5 Å². The Labute approximate surface area is 182 Å². The Balaban J connectivity index is 0.00000141. The summed E-state index contributed by atoms with van der Waals surface area (Å²) in [4.78, 5) is 24.2. The highest BCUT2D eigenvalue weighted by Crippen LogP contribution is 2.32. The molecular weight excluding hydrogens is 420 g/mol. The number of carbonyl (C=O) groups is 1. The van der Waals surface area contributed by atoms with E-state index in [1.54, 1.807) is 6.07 Å². The topological polar surface area (TPSA) is 198 Å². The molecule has 13 heteroatoms. The minimum absolute atomic E-state index is 0.0800. The number of hydrogen-bond donors (Lipinski definition) is 5. The number of nitrogens with one attached hydrogen (secondary N) is 2. The predicted molar refractivity (Wildman–Crippen MR) is 115 cm³/mol. The Kier molecular flexibility index (Phi) is 6.92. The number of carbonyl (C=O) groups excluding carboxylic acids is 1. The lowest BCUT2D eigenvalue weighted by Crippen LogP contribution is -2.34. The van der Waals surface area contributed by atoms with Gasteiger partial charge in [-0.2, -0.15) is 15.1 Å². The van der Waals surface area contributed by atoms with E-state index < -0.39 is 30.3 Å². The van der Waals surface area contributed by atoms with Crippen molar-refractivity contribution < 1.29 is 24.2 Å². The van der Waals surface area contributed by atoms with E-state index in [0.717, 1.165) is 12.2 Å². The Morgan fingerprint density at radius 1 is 1.38 bits per heavy atom. The van der Waals surface area contributed by atoms with Crippen LogP contribution in [-0.4, -0.2) is 66.8 Å². The molecule has 0 amide bonds. The van der Waals surface area contributed by atoms with Crippen LogP contribution in [0.2, 0.25) is 0 Å². The monoisotopic (exact) mass is 444 g/mol. The molecule has 1 aliphatic heterocycles. The summed E-state index contributed by atoms with van der Waals surface area (Å²) >= 11 is 0. The molecule has 4 atom stereocenters. The van der Waals surface area contributed by atoms with E-state index in [9.17, 15) is 15.0 Å². The molecular formula is C19H24N8O5. The van der Waals surface area contributed by atoms with Gasteiger partial charge in [0.25, 0.3) is 0 Å². The van der Waals surface area contributed by atoms with E-state index in [0.29, 0.717) is 5.76 Å². The first-order valence-corrected chi connectivity index (χ1v) is 9.64. The number of imidazole rings is 1. The number of ether oxygens (including phenoxy) is 1. The number of furan rings is 1.